The van der Waals surface area contributed by atoms with Crippen molar-refractivity contribution in [1.82, 2.24) is 5.06 Å². The predicted octanol–water partition coefficient (Wildman–Crippen LogP) is 6.24. The molecule has 140 valence electrons. The molecule has 2 rings (SSSR count). The Morgan fingerprint density at radius 2 is 0.917 bits per heavy atom. The Balaban J connectivity index is 1.89. The standard InChI is InChI=1S/C21H39NO2/c23-21(19-15-11-7-3-1-2-4-8-12-16-19)22(24)20-17-13-9-5-6-10-14-18-20/h19-20,24H,1-18H2. The summed E-state index contributed by atoms with van der Waals surface area (Å²) in [5.41, 5.74) is 0. The molecule has 0 bridgehead atoms. The van der Waals surface area contributed by atoms with E-state index in [0.717, 1.165) is 51.4 Å². The van der Waals surface area contributed by atoms with E-state index in [1.807, 2.05) is 0 Å². The van der Waals surface area contributed by atoms with Crippen molar-refractivity contribution in [3.05, 3.63) is 0 Å². The molecule has 0 radical (unpaired) electrons. The molecule has 2 fully saturated rings. The van der Waals surface area contributed by atoms with E-state index < -0.39 is 0 Å². The highest BCUT2D eigenvalue weighted by molar-refractivity contribution is 5.77. The van der Waals surface area contributed by atoms with E-state index in [4.69, 9.17) is 0 Å². The van der Waals surface area contributed by atoms with Crippen molar-refractivity contribution in [3.63, 3.8) is 0 Å². The fourth-order valence-corrected chi connectivity index (χ4v) is 4.46. The van der Waals surface area contributed by atoms with Gasteiger partial charge in [-0.05, 0) is 25.7 Å². The van der Waals surface area contributed by atoms with Crippen LogP contribution in [0.2, 0.25) is 0 Å². The Morgan fingerprint density at radius 3 is 1.33 bits per heavy atom. The second-order valence-corrected chi connectivity index (χ2v) is 8.14. The second kappa shape index (κ2) is 11.9. The molecule has 2 aliphatic rings. The average Bonchev–Trinajstić information content (AvgIpc) is 2.68. The molecular formula is C21H39NO2. The molecule has 3 nitrogen and oxygen atoms in total. The maximum absolute atomic E-state index is 12.9. The van der Waals surface area contributed by atoms with Crippen LogP contribution in [0.4, 0.5) is 0 Å². The van der Waals surface area contributed by atoms with Gasteiger partial charge in [-0.15, -0.1) is 0 Å². The molecule has 1 amide bonds. The Morgan fingerprint density at radius 1 is 0.583 bits per heavy atom. The van der Waals surface area contributed by atoms with Gasteiger partial charge in [-0.25, -0.2) is 5.06 Å². The maximum Gasteiger partial charge on any atom is 0.249 e. The minimum atomic E-state index is 0.0264. The first-order valence-electron chi connectivity index (χ1n) is 10.8. The van der Waals surface area contributed by atoms with Crippen LogP contribution in [-0.2, 0) is 4.79 Å². The van der Waals surface area contributed by atoms with Gasteiger partial charge < -0.3 is 0 Å². The third-order valence-corrected chi connectivity index (χ3v) is 6.10. The Labute approximate surface area is 149 Å². The summed E-state index contributed by atoms with van der Waals surface area (Å²) >= 11 is 0. The molecular weight excluding hydrogens is 298 g/mol. The number of hydrogen-bond acceptors (Lipinski definition) is 2. The van der Waals surface area contributed by atoms with Crippen LogP contribution in [-0.4, -0.2) is 22.2 Å². The molecule has 1 N–H and O–H groups in total. The zero-order valence-corrected chi connectivity index (χ0v) is 15.7. The van der Waals surface area contributed by atoms with E-state index in [-0.39, 0.29) is 17.9 Å². The number of carbonyl (C=O) groups excluding carboxylic acids is 1. The van der Waals surface area contributed by atoms with Crippen LogP contribution < -0.4 is 0 Å². The van der Waals surface area contributed by atoms with Crippen molar-refractivity contribution in [2.24, 2.45) is 5.92 Å². The minimum Gasteiger partial charge on any atom is -0.286 e. The number of carbonyl (C=O) groups is 1. The quantitative estimate of drug-likeness (QED) is 0.478. The Hall–Kier alpha value is -0.570. The number of hydroxylamine groups is 2. The van der Waals surface area contributed by atoms with Crippen LogP contribution in [0.3, 0.4) is 0 Å². The monoisotopic (exact) mass is 337 g/mol. The normalized spacial score (nSPS) is 24.2. The molecule has 24 heavy (non-hydrogen) atoms. The van der Waals surface area contributed by atoms with Crippen LogP contribution in [0, 0.1) is 5.92 Å². The van der Waals surface area contributed by atoms with Gasteiger partial charge in [0.05, 0.1) is 6.04 Å². The van der Waals surface area contributed by atoms with Crippen LogP contribution in [0.5, 0.6) is 0 Å². The van der Waals surface area contributed by atoms with E-state index in [1.165, 1.54) is 69.3 Å². The van der Waals surface area contributed by atoms with Crippen LogP contribution >= 0.6 is 0 Å². The third-order valence-electron chi connectivity index (χ3n) is 6.10. The molecule has 0 unspecified atom stereocenters. The summed E-state index contributed by atoms with van der Waals surface area (Å²) in [5.74, 6) is 0.0826. The molecule has 3 heteroatoms. The lowest BCUT2D eigenvalue weighted by molar-refractivity contribution is -0.182. The number of amides is 1. The molecule has 2 saturated carbocycles. The van der Waals surface area contributed by atoms with Gasteiger partial charge in [-0.1, -0.05) is 89.9 Å². The van der Waals surface area contributed by atoms with Crippen LogP contribution in [0.1, 0.15) is 116 Å². The topological polar surface area (TPSA) is 40.5 Å². The average molecular weight is 338 g/mol. The summed E-state index contributed by atoms with van der Waals surface area (Å²) in [5, 5.41) is 11.8. The van der Waals surface area contributed by atoms with Gasteiger partial charge >= 0.3 is 0 Å². The van der Waals surface area contributed by atoms with Gasteiger partial charge in [0.15, 0.2) is 0 Å². The van der Waals surface area contributed by atoms with Crippen molar-refractivity contribution >= 4 is 5.91 Å². The molecule has 0 aromatic rings. The highest BCUT2D eigenvalue weighted by atomic mass is 16.5. The third kappa shape index (κ3) is 7.13. The fraction of sp³-hybridized carbons (Fsp3) is 0.952. The highest BCUT2D eigenvalue weighted by Gasteiger charge is 2.28. The van der Waals surface area contributed by atoms with E-state index in [1.54, 1.807) is 0 Å². The minimum absolute atomic E-state index is 0.0264. The number of rotatable bonds is 2. The first kappa shape index (κ1) is 19.8. The number of nitrogens with zero attached hydrogens (tertiary/aromatic N) is 1. The molecule has 0 aliphatic heterocycles. The Bertz CT molecular complexity index is 319. The van der Waals surface area contributed by atoms with Crippen molar-refractivity contribution in [2.45, 2.75) is 122 Å². The Kier molecular flexibility index (Phi) is 9.79. The van der Waals surface area contributed by atoms with Crippen molar-refractivity contribution in [2.75, 3.05) is 0 Å². The van der Waals surface area contributed by atoms with Crippen LogP contribution in [0.25, 0.3) is 0 Å². The second-order valence-electron chi connectivity index (χ2n) is 8.14. The zero-order chi connectivity index (χ0) is 17.0. The smallest absolute Gasteiger partial charge is 0.249 e. The summed E-state index contributed by atoms with van der Waals surface area (Å²) < 4.78 is 0. The van der Waals surface area contributed by atoms with E-state index in [0.29, 0.717) is 0 Å². The molecule has 2 aliphatic carbocycles. The van der Waals surface area contributed by atoms with Gasteiger partial charge in [0.25, 0.3) is 0 Å². The lowest BCUT2D eigenvalue weighted by atomic mass is 9.93. The lowest BCUT2D eigenvalue weighted by Gasteiger charge is -2.29. The van der Waals surface area contributed by atoms with Crippen molar-refractivity contribution in [3.8, 4) is 0 Å². The molecule has 0 aromatic carbocycles. The van der Waals surface area contributed by atoms with E-state index >= 15 is 0 Å². The van der Waals surface area contributed by atoms with E-state index in [2.05, 4.69) is 0 Å². The first-order chi connectivity index (χ1) is 11.8. The molecule has 0 heterocycles. The summed E-state index contributed by atoms with van der Waals surface area (Å²) in [6, 6.07) is 0.0637. The van der Waals surface area contributed by atoms with Crippen LogP contribution in [0.15, 0.2) is 0 Å². The highest BCUT2D eigenvalue weighted by Crippen LogP contribution is 2.26. The molecule has 0 saturated heterocycles. The molecule has 0 atom stereocenters. The van der Waals surface area contributed by atoms with Gasteiger partial charge in [-0.3, -0.25) is 10.0 Å². The summed E-state index contributed by atoms with van der Waals surface area (Å²) in [6.45, 7) is 0. The summed E-state index contributed by atoms with van der Waals surface area (Å²) in [7, 11) is 0. The first-order valence-corrected chi connectivity index (χ1v) is 10.8. The number of hydrogen-bond donors (Lipinski definition) is 1. The molecule has 0 aromatic heterocycles. The summed E-state index contributed by atoms with van der Waals surface area (Å²) in [4.78, 5) is 12.9. The summed E-state index contributed by atoms with van der Waals surface area (Å²) in [6.07, 6.45) is 21.5. The maximum atomic E-state index is 12.9. The van der Waals surface area contributed by atoms with E-state index in [9.17, 15) is 10.0 Å². The van der Waals surface area contributed by atoms with Gasteiger partial charge in [0.1, 0.15) is 0 Å². The predicted molar refractivity (Wildman–Crippen MR) is 99.0 cm³/mol. The van der Waals surface area contributed by atoms with Gasteiger partial charge in [0.2, 0.25) is 5.91 Å². The largest absolute Gasteiger partial charge is 0.286 e. The van der Waals surface area contributed by atoms with Gasteiger partial charge in [0, 0.05) is 5.92 Å². The zero-order valence-electron chi connectivity index (χ0n) is 15.7. The van der Waals surface area contributed by atoms with Crippen molar-refractivity contribution < 1.29 is 10.0 Å². The lowest BCUT2D eigenvalue weighted by Crippen LogP contribution is -2.41. The molecule has 0 spiro atoms. The fourth-order valence-electron chi connectivity index (χ4n) is 4.46. The van der Waals surface area contributed by atoms with Crippen molar-refractivity contribution in [1.29, 1.82) is 0 Å². The van der Waals surface area contributed by atoms with Gasteiger partial charge in [-0.2, -0.15) is 0 Å². The SMILES string of the molecule is O=C(C1CCCCCCCCCC1)N(O)C1CCCCCCCC1.